The van der Waals surface area contributed by atoms with Crippen LogP contribution in [-0.4, -0.2) is 15.0 Å². The molecule has 1 heterocycles. The molecule has 24 heavy (non-hydrogen) atoms. The van der Waals surface area contributed by atoms with Crippen molar-refractivity contribution in [3.8, 4) is 0 Å². The summed E-state index contributed by atoms with van der Waals surface area (Å²) in [6.07, 6.45) is 0. The van der Waals surface area contributed by atoms with Crippen LogP contribution in [0.5, 0.6) is 0 Å². The second-order valence-electron chi connectivity index (χ2n) is 5.00. The van der Waals surface area contributed by atoms with E-state index in [0.29, 0.717) is 5.69 Å². The van der Waals surface area contributed by atoms with Crippen LogP contribution in [0, 0.1) is 12.7 Å². The lowest BCUT2D eigenvalue weighted by molar-refractivity contribution is 0.628. The molecule has 2 N–H and O–H groups in total. The minimum Gasteiger partial charge on any atom is -0.324 e. The smallest absolute Gasteiger partial charge is 0.233 e. The zero-order chi connectivity index (χ0) is 17.1. The van der Waals surface area contributed by atoms with Crippen LogP contribution in [-0.2, 0) is 0 Å². The van der Waals surface area contributed by atoms with Gasteiger partial charge in [-0.3, -0.25) is 0 Å². The molecule has 0 aliphatic rings. The molecule has 0 atom stereocenters. The van der Waals surface area contributed by atoms with E-state index in [1.165, 1.54) is 18.2 Å². The Morgan fingerprint density at radius 3 is 2.04 bits per heavy atom. The van der Waals surface area contributed by atoms with Gasteiger partial charge in [-0.25, -0.2) is 4.39 Å². The third kappa shape index (κ3) is 4.10. The molecule has 0 amide bonds. The van der Waals surface area contributed by atoms with Crippen LogP contribution in [0.15, 0.2) is 42.5 Å². The SMILES string of the molecule is Cc1ccc(Nc2nc(Cl)nc(Nc3ccc(F)c(Cl)c3)n2)cc1. The number of nitrogens with one attached hydrogen (secondary N) is 2. The first-order chi connectivity index (χ1) is 11.5. The average Bonchev–Trinajstić information content (AvgIpc) is 2.53. The van der Waals surface area contributed by atoms with E-state index in [2.05, 4.69) is 25.6 Å². The van der Waals surface area contributed by atoms with Crippen LogP contribution >= 0.6 is 23.2 Å². The number of aromatic nitrogens is 3. The zero-order valence-corrected chi connectivity index (χ0v) is 14.0. The van der Waals surface area contributed by atoms with Gasteiger partial charge in [0.05, 0.1) is 5.02 Å². The number of hydrogen-bond donors (Lipinski definition) is 2. The van der Waals surface area contributed by atoms with Crippen LogP contribution in [0.25, 0.3) is 0 Å². The van der Waals surface area contributed by atoms with Crippen LogP contribution in [0.4, 0.5) is 27.7 Å². The molecular formula is C16H12Cl2FN5. The number of benzene rings is 2. The molecule has 8 heteroatoms. The molecular weight excluding hydrogens is 352 g/mol. The fourth-order valence-electron chi connectivity index (χ4n) is 1.93. The quantitative estimate of drug-likeness (QED) is 0.673. The Morgan fingerprint density at radius 1 is 0.833 bits per heavy atom. The summed E-state index contributed by atoms with van der Waals surface area (Å²) in [5, 5.41) is 5.98. The Hall–Kier alpha value is -2.44. The molecule has 0 saturated carbocycles. The monoisotopic (exact) mass is 363 g/mol. The number of halogens is 3. The fourth-order valence-corrected chi connectivity index (χ4v) is 2.27. The highest BCUT2D eigenvalue weighted by atomic mass is 35.5. The van der Waals surface area contributed by atoms with Crippen molar-refractivity contribution in [1.82, 2.24) is 15.0 Å². The number of aryl methyl sites for hydroxylation is 1. The molecule has 0 saturated heterocycles. The van der Waals surface area contributed by atoms with Gasteiger partial charge in [-0.15, -0.1) is 0 Å². The first-order valence-corrected chi connectivity index (χ1v) is 7.72. The summed E-state index contributed by atoms with van der Waals surface area (Å²) in [6, 6.07) is 11.9. The van der Waals surface area contributed by atoms with E-state index < -0.39 is 5.82 Å². The fraction of sp³-hybridized carbons (Fsp3) is 0.0625. The molecule has 1 aromatic heterocycles. The normalized spacial score (nSPS) is 10.5. The van der Waals surface area contributed by atoms with Crippen LogP contribution in [0.1, 0.15) is 5.56 Å². The van der Waals surface area contributed by atoms with Gasteiger partial charge in [0.25, 0.3) is 0 Å². The summed E-state index contributed by atoms with van der Waals surface area (Å²) in [5.74, 6) is -0.000490. The molecule has 0 bridgehead atoms. The predicted octanol–water partition coefficient (Wildman–Crippen LogP) is 5.11. The Kier molecular flexibility index (Phi) is 4.78. The summed E-state index contributed by atoms with van der Waals surface area (Å²) >= 11 is 11.7. The molecule has 122 valence electrons. The molecule has 0 radical (unpaired) electrons. The van der Waals surface area contributed by atoms with Gasteiger partial charge in [0, 0.05) is 11.4 Å². The zero-order valence-electron chi connectivity index (χ0n) is 12.5. The van der Waals surface area contributed by atoms with Crippen LogP contribution in [0.3, 0.4) is 0 Å². The number of hydrogen-bond acceptors (Lipinski definition) is 5. The minimum absolute atomic E-state index is 0.00171. The molecule has 3 aromatic rings. The summed E-state index contributed by atoms with van der Waals surface area (Å²) in [4.78, 5) is 12.3. The van der Waals surface area contributed by atoms with Gasteiger partial charge < -0.3 is 10.6 Å². The highest BCUT2D eigenvalue weighted by molar-refractivity contribution is 6.31. The summed E-state index contributed by atoms with van der Waals surface area (Å²) < 4.78 is 13.2. The van der Waals surface area contributed by atoms with Crippen molar-refractivity contribution < 1.29 is 4.39 Å². The van der Waals surface area contributed by atoms with Crippen molar-refractivity contribution in [2.24, 2.45) is 0 Å². The van der Waals surface area contributed by atoms with Crippen molar-refractivity contribution in [2.75, 3.05) is 10.6 Å². The van der Waals surface area contributed by atoms with E-state index in [1.54, 1.807) is 0 Å². The van der Waals surface area contributed by atoms with E-state index in [9.17, 15) is 4.39 Å². The Balaban J connectivity index is 1.82. The topological polar surface area (TPSA) is 62.7 Å². The van der Waals surface area contributed by atoms with Crippen LogP contribution < -0.4 is 10.6 Å². The van der Waals surface area contributed by atoms with E-state index in [-0.39, 0.29) is 22.2 Å². The molecule has 0 spiro atoms. The molecule has 0 fully saturated rings. The lowest BCUT2D eigenvalue weighted by Gasteiger charge is -2.09. The number of rotatable bonds is 4. The largest absolute Gasteiger partial charge is 0.324 e. The lowest BCUT2D eigenvalue weighted by Crippen LogP contribution is -2.04. The van der Waals surface area contributed by atoms with E-state index in [4.69, 9.17) is 23.2 Å². The maximum Gasteiger partial charge on any atom is 0.233 e. The van der Waals surface area contributed by atoms with Gasteiger partial charge in [-0.1, -0.05) is 29.3 Å². The van der Waals surface area contributed by atoms with E-state index in [0.717, 1.165) is 11.3 Å². The first kappa shape index (κ1) is 16.4. The van der Waals surface area contributed by atoms with Crippen molar-refractivity contribution >= 4 is 46.5 Å². The van der Waals surface area contributed by atoms with Gasteiger partial charge in [0.2, 0.25) is 17.2 Å². The second kappa shape index (κ2) is 6.98. The lowest BCUT2D eigenvalue weighted by atomic mass is 10.2. The van der Waals surface area contributed by atoms with Crippen molar-refractivity contribution in [1.29, 1.82) is 0 Å². The third-order valence-electron chi connectivity index (χ3n) is 3.09. The van der Waals surface area contributed by atoms with Gasteiger partial charge in [-0.05, 0) is 48.9 Å². The highest BCUT2D eigenvalue weighted by Crippen LogP contribution is 2.23. The summed E-state index contributed by atoms with van der Waals surface area (Å²) in [7, 11) is 0. The summed E-state index contributed by atoms with van der Waals surface area (Å²) in [6.45, 7) is 2.00. The standard InChI is InChI=1S/C16H12Cl2FN5/c1-9-2-4-10(5-3-9)20-15-22-14(18)23-16(24-15)21-11-6-7-13(19)12(17)8-11/h2-8H,1H3,(H2,20,21,22,23,24). The molecule has 0 unspecified atom stereocenters. The number of nitrogens with zero attached hydrogens (tertiary/aromatic N) is 3. The minimum atomic E-state index is -0.502. The van der Waals surface area contributed by atoms with Gasteiger partial charge >= 0.3 is 0 Å². The Labute approximate surface area is 147 Å². The maximum absolute atomic E-state index is 13.2. The average molecular weight is 364 g/mol. The van der Waals surface area contributed by atoms with Gasteiger partial charge in [0.1, 0.15) is 5.82 Å². The molecule has 2 aromatic carbocycles. The first-order valence-electron chi connectivity index (χ1n) is 6.97. The molecule has 0 aliphatic carbocycles. The Morgan fingerprint density at radius 2 is 1.42 bits per heavy atom. The van der Waals surface area contributed by atoms with Crippen LogP contribution in [0.2, 0.25) is 10.3 Å². The predicted molar refractivity (Wildman–Crippen MR) is 94.0 cm³/mol. The van der Waals surface area contributed by atoms with Crippen molar-refractivity contribution in [3.05, 3.63) is 64.2 Å². The van der Waals surface area contributed by atoms with Gasteiger partial charge in [-0.2, -0.15) is 15.0 Å². The third-order valence-corrected chi connectivity index (χ3v) is 3.55. The summed E-state index contributed by atoms with van der Waals surface area (Å²) in [5.41, 5.74) is 2.49. The number of anilines is 4. The molecule has 5 nitrogen and oxygen atoms in total. The molecule has 0 aliphatic heterocycles. The molecule has 3 rings (SSSR count). The van der Waals surface area contributed by atoms with Crippen molar-refractivity contribution in [2.45, 2.75) is 6.92 Å². The Bertz CT molecular complexity index is 871. The maximum atomic E-state index is 13.2. The van der Waals surface area contributed by atoms with E-state index >= 15 is 0 Å². The van der Waals surface area contributed by atoms with E-state index in [1.807, 2.05) is 31.2 Å². The second-order valence-corrected chi connectivity index (χ2v) is 5.74. The van der Waals surface area contributed by atoms with Gasteiger partial charge in [0.15, 0.2) is 0 Å². The van der Waals surface area contributed by atoms with Crippen molar-refractivity contribution in [3.63, 3.8) is 0 Å². The highest BCUT2D eigenvalue weighted by Gasteiger charge is 2.07.